The van der Waals surface area contributed by atoms with Crippen LogP contribution in [0.3, 0.4) is 0 Å². The van der Waals surface area contributed by atoms with Gasteiger partial charge in [-0.05, 0) is 94.4 Å². The van der Waals surface area contributed by atoms with E-state index < -0.39 is 0 Å². The van der Waals surface area contributed by atoms with Crippen molar-refractivity contribution in [3.8, 4) is 41.8 Å². The molecular formula is C54H52N2O4S2. The number of benzene rings is 5. The molecule has 0 unspecified atom stereocenters. The molecule has 4 heterocycles. The lowest BCUT2D eigenvalue weighted by Gasteiger charge is -2.27. The Morgan fingerprint density at radius 2 is 0.694 bits per heavy atom. The second-order valence-corrected chi connectivity index (χ2v) is 18.9. The van der Waals surface area contributed by atoms with Crippen LogP contribution in [-0.4, -0.2) is 46.5 Å². The van der Waals surface area contributed by atoms with Crippen molar-refractivity contribution in [1.29, 1.82) is 0 Å². The highest BCUT2D eigenvalue weighted by molar-refractivity contribution is 7.19. The fourth-order valence-electron chi connectivity index (χ4n) is 9.30. The van der Waals surface area contributed by atoms with E-state index in [2.05, 4.69) is 62.4 Å². The van der Waals surface area contributed by atoms with Crippen molar-refractivity contribution in [2.75, 3.05) is 13.1 Å². The lowest BCUT2D eigenvalue weighted by molar-refractivity contribution is 0.0592. The molecule has 0 fully saturated rings. The summed E-state index contributed by atoms with van der Waals surface area (Å²) in [5.74, 6) is -0.769. The second-order valence-electron chi connectivity index (χ2n) is 16.7. The molecule has 4 amide bonds. The summed E-state index contributed by atoms with van der Waals surface area (Å²) in [6.45, 7) is 5.32. The Hall–Kier alpha value is -5.70. The molecule has 0 atom stereocenters. The molecule has 314 valence electrons. The van der Waals surface area contributed by atoms with Gasteiger partial charge < -0.3 is 0 Å². The zero-order chi connectivity index (χ0) is 42.7. The number of nitrogens with zero attached hydrogens (tertiary/aromatic N) is 2. The molecule has 9 rings (SSSR count). The molecule has 2 aliphatic heterocycles. The first kappa shape index (κ1) is 41.6. The van der Waals surface area contributed by atoms with Gasteiger partial charge in [0.15, 0.2) is 0 Å². The number of imide groups is 2. The molecule has 0 N–H and O–H groups in total. The average Bonchev–Trinajstić information content (AvgIpc) is 4.00. The van der Waals surface area contributed by atoms with E-state index in [9.17, 15) is 19.2 Å². The molecule has 0 saturated carbocycles. The summed E-state index contributed by atoms with van der Waals surface area (Å²) in [6, 6.07) is 36.7. The van der Waals surface area contributed by atoms with Gasteiger partial charge in [-0.3, -0.25) is 29.0 Å². The van der Waals surface area contributed by atoms with E-state index in [1.54, 1.807) is 22.7 Å². The molecule has 2 aromatic heterocycles. The van der Waals surface area contributed by atoms with Crippen molar-refractivity contribution < 1.29 is 19.2 Å². The van der Waals surface area contributed by atoms with Crippen molar-refractivity contribution in [3.63, 3.8) is 0 Å². The van der Waals surface area contributed by atoms with E-state index in [-0.39, 0.29) is 23.6 Å². The van der Waals surface area contributed by atoms with Crippen molar-refractivity contribution in [2.45, 2.75) is 90.9 Å². The molecule has 6 nitrogen and oxygen atoms in total. The maximum absolute atomic E-state index is 13.7. The summed E-state index contributed by atoms with van der Waals surface area (Å²) >= 11 is 3.41. The summed E-state index contributed by atoms with van der Waals surface area (Å²) in [7, 11) is 0. The van der Waals surface area contributed by atoms with Crippen LogP contribution in [0.5, 0.6) is 0 Å². The first-order valence-corrected chi connectivity index (χ1v) is 24.2. The lowest BCUT2D eigenvalue weighted by atomic mass is 9.90. The van der Waals surface area contributed by atoms with Gasteiger partial charge >= 0.3 is 0 Å². The number of carbonyl (C=O) groups excluding carboxylic acids is 4. The molecule has 8 heteroatoms. The molecule has 0 bridgehead atoms. The van der Waals surface area contributed by atoms with Gasteiger partial charge in [-0.2, -0.15) is 0 Å². The summed E-state index contributed by atoms with van der Waals surface area (Å²) in [5.41, 5.74) is 6.69. The summed E-state index contributed by atoms with van der Waals surface area (Å²) < 4.78 is 0. The first-order valence-electron chi connectivity index (χ1n) is 22.5. The van der Waals surface area contributed by atoms with Gasteiger partial charge in [0.1, 0.15) is 0 Å². The van der Waals surface area contributed by atoms with Gasteiger partial charge in [0.05, 0.1) is 0 Å². The maximum Gasteiger partial charge on any atom is 0.261 e. The van der Waals surface area contributed by atoms with E-state index in [4.69, 9.17) is 0 Å². The third-order valence-electron chi connectivity index (χ3n) is 12.7. The number of hydrogen-bond donors (Lipinski definition) is 0. The molecule has 62 heavy (non-hydrogen) atoms. The summed E-state index contributed by atoms with van der Waals surface area (Å²) in [6.07, 6.45) is 13.2. The van der Waals surface area contributed by atoms with E-state index in [0.717, 1.165) is 102 Å². The van der Waals surface area contributed by atoms with Gasteiger partial charge in [-0.25, -0.2) is 0 Å². The minimum atomic E-state index is -0.192. The Bertz CT molecular complexity index is 2590. The molecule has 0 spiro atoms. The number of rotatable bonds is 18. The van der Waals surface area contributed by atoms with E-state index in [0.29, 0.717) is 35.3 Å². The minimum absolute atomic E-state index is 0.192. The zero-order valence-corrected chi connectivity index (χ0v) is 37.3. The van der Waals surface area contributed by atoms with Crippen LogP contribution >= 0.6 is 22.7 Å². The Morgan fingerprint density at radius 3 is 1.10 bits per heavy atom. The number of carbonyl (C=O) groups is 4. The van der Waals surface area contributed by atoms with Crippen molar-refractivity contribution >= 4 is 67.8 Å². The lowest BCUT2D eigenvalue weighted by Crippen LogP contribution is -2.40. The van der Waals surface area contributed by atoms with Crippen LogP contribution in [0.2, 0.25) is 0 Å². The van der Waals surface area contributed by atoms with Gasteiger partial charge in [-0.1, -0.05) is 139 Å². The zero-order valence-electron chi connectivity index (χ0n) is 35.6. The third-order valence-corrected chi connectivity index (χ3v) is 15.0. The van der Waals surface area contributed by atoms with Crippen molar-refractivity contribution in [1.82, 2.24) is 9.80 Å². The van der Waals surface area contributed by atoms with Crippen LogP contribution in [0, 0.1) is 0 Å². The van der Waals surface area contributed by atoms with Crippen LogP contribution in [0.1, 0.15) is 132 Å². The van der Waals surface area contributed by atoms with Crippen LogP contribution < -0.4 is 0 Å². The number of unbranched alkanes of at least 4 members (excludes halogenated alkanes) is 10. The normalized spacial score (nSPS) is 13.6. The quantitative estimate of drug-likeness (QED) is 0.0636. The summed E-state index contributed by atoms with van der Waals surface area (Å²) in [5, 5.41) is 3.37. The SMILES string of the molecule is CCCCCCCCN1C(=O)c2cccc3c(-c4ccc(-c5ccc(-c6ccc(-c7ccc8c9c(cccc79)C(=O)N(CCCCCCCC)C8=O)s6)cc5)s4)ccc(c23)C1=O. The molecule has 5 aromatic carbocycles. The highest BCUT2D eigenvalue weighted by atomic mass is 32.1. The molecular weight excluding hydrogens is 805 g/mol. The Balaban J connectivity index is 0.910. The fourth-order valence-corrected chi connectivity index (χ4v) is 11.4. The number of amides is 4. The van der Waals surface area contributed by atoms with Gasteiger partial charge in [0.2, 0.25) is 0 Å². The van der Waals surface area contributed by atoms with Crippen LogP contribution in [0.15, 0.2) is 109 Å². The van der Waals surface area contributed by atoms with E-state index in [1.807, 2.05) is 60.7 Å². The number of hydrogen-bond acceptors (Lipinski definition) is 6. The highest BCUT2D eigenvalue weighted by Crippen LogP contribution is 2.44. The minimum Gasteiger partial charge on any atom is -0.274 e. The third kappa shape index (κ3) is 7.84. The second kappa shape index (κ2) is 18.3. The van der Waals surface area contributed by atoms with Crippen LogP contribution in [0.25, 0.3) is 63.3 Å². The Morgan fingerprint density at radius 1 is 0.355 bits per heavy atom. The predicted molar refractivity (Wildman–Crippen MR) is 256 cm³/mol. The Kier molecular flexibility index (Phi) is 12.3. The molecule has 0 radical (unpaired) electrons. The van der Waals surface area contributed by atoms with Crippen LogP contribution in [0.4, 0.5) is 0 Å². The maximum atomic E-state index is 13.7. The molecule has 0 aliphatic carbocycles. The number of thiophene rings is 2. The largest absolute Gasteiger partial charge is 0.274 e. The topological polar surface area (TPSA) is 74.8 Å². The Labute approximate surface area is 372 Å². The molecule has 0 saturated heterocycles. The predicted octanol–water partition coefficient (Wildman–Crippen LogP) is 14.7. The average molecular weight is 857 g/mol. The van der Waals surface area contributed by atoms with Crippen molar-refractivity contribution in [2.24, 2.45) is 0 Å². The standard InChI is InChI=1S/C54H52N2O4S2/c1-3-5-7-9-11-13-33-55-51(57)41-19-15-17-39-37(25-27-43(49(39)41)53(55)59)47-31-29-45(61-47)35-21-23-36(24-22-35)46-30-32-48(62-46)38-26-28-44-50-40(38)18-16-20-42(50)52(58)56(54(44)60)34-14-12-10-8-6-4-2/h15-32H,3-14,33-34H2,1-2H3. The molecule has 7 aromatic rings. The van der Waals surface area contributed by atoms with Crippen molar-refractivity contribution in [3.05, 3.63) is 131 Å². The fraction of sp³-hybridized carbons (Fsp3) is 0.296. The van der Waals surface area contributed by atoms with Gasteiger partial charge in [0.25, 0.3) is 23.6 Å². The van der Waals surface area contributed by atoms with E-state index >= 15 is 0 Å². The smallest absolute Gasteiger partial charge is 0.261 e. The van der Waals surface area contributed by atoms with E-state index in [1.165, 1.54) is 48.3 Å². The summed E-state index contributed by atoms with van der Waals surface area (Å²) in [4.78, 5) is 62.1. The monoisotopic (exact) mass is 856 g/mol. The molecule has 2 aliphatic rings. The first-order chi connectivity index (χ1) is 30.4. The van der Waals surface area contributed by atoms with Crippen LogP contribution in [-0.2, 0) is 0 Å². The van der Waals surface area contributed by atoms with Gasteiger partial charge in [-0.15, -0.1) is 22.7 Å². The van der Waals surface area contributed by atoms with Gasteiger partial charge in [0, 0.05) is 65.6 Å². The highest BCUT2D eigenvalue weighted by Gasteiger charge is 2.34.